The van der Waals surface area contributed by atoms with Gasteiger partial charge in [0.25, 0.3) is 0 Å². The van der Waals surface area contributed by atoms with Crippen molar-refractivity contribution >= 4 is 29.6 Å². The van der Waals surface area contributed by atoms with Gasteiger partial charge in [-0.05, 0) is 5.56 Å². The second-order valence-electron chi connectivity index (χ2n) is 5.02. The lowest BCUT2D eigenvalue weighted by molar-refractivity contribution is 0.193. The van der Waals surface area contributed by atoms with E-state index in [1.165, 1.54) is 17.1 Å². The fraction of sp³-hybridized carbons (Fsp3) is 0.533. The molecule has 1 fully saturated rings. The number of amides is 1. The third-order valence-corrected chi connectivity index (χ3v) is 5.60. The minimum Gasteiger partial charge on any atom is -0.465 e. The van der Waals surface area contributed by atoms with Gasteiger partial charge in [0.05, 0.1) is 0 Å². The van der Waals surface area contributed by atoms with Gasteiger partial charge in [0.1, 0.15) is 0 Å². The smallest absolute Gasteiger partial charge is 0.404 e. The Labute approximate surface area is 134 Å². The minimum absolute atomic E-state index is 0.296. The van der Waals surface area contributed by atoms with Crippen LogP contribution < -0.4 is 5.32 Å². The number of benzene rings is 1. The maximum Gasteiger partial charge on any atom is 0.404 e. The number of carbonyl (C=O) groups is 1. The Morgan fingerprint density at radius 3 is 2.71 bits per heavy atom. The zero-order valence-electron chi connectivity index (χ0n) is 12.0. The molecule has 1 saturated heterocycles. The zero-order valence-corrected chi connectivity index (χ0v) is 13.7. The van der Waals surface area contributed by atoms with Crippen LogP contribution in [0, 0.1) is 0 Å². The van der Waals surface area contributed by atoms with Gasteiger partial charge in [-0.3, -0.25) is 0 Å². The number of rotatable bonds is 7. The highest BCUT2D eigenvalue weighted by atomic mass is 32.2. The molecular formula is C15H22N2O2S2. The second kappa shape index (κ2) is 9.23. The van der Waals surface area contributed by atoms with Crippen LogP contribution in [0.25, 0.3) is 0 Å². The van der Waals surface area contributed by atoms with E-state index in [2.05, 4.69) is 22.3 Å². The fourth-order valence-corrected chi connectivity index (χ4v) is 4.35. The molecule has 0 radical (unpaired) electrons. The summed E-state index contributed by atoms with van der Waals surface area (Å²) in [5.41, 5.74) is 1.29. The van der Waals surface area contributed by atoms with E-state index in [1.807, 2.05) is 41.7 Å². The molecule has 1 unspecified atom stereocenters. The normalized spacial score (nSPS) is 17.3. The molecule has 1 aliphatic rings. The van der Waals surface area contributed by atoms with Crippen molar-refractivity contribution in [3.05, 3.63) is 35.9 Å². The van der Waals surface area contributed by atoms with E-state index < -0.39 is 6.09 Å². The first-order chi connectivity index (χ1) is 10.2. The lowest BCUT2D eigenvalue weighted by atomic mass is 10.2. The molecule has 21 heavy (non-hydrogen) atoms. The summed E-state index contributed by atoms with van der Waals surface area (Å²) in [7, 11) is 0. The van der Waals surface area contributed by atoms with Crippen molar-refractivity contribution in [3.8, 4) is 0 Å². The summed E-state index contributed by atoms with van der Waals surface area (Å²) in [6.07, 6.45) is -0.936. The number of nitrogens with zero attached hydrogens (tertiary/aromatic N) is 1. The van der Waals surface area contributed by atoms with E-state index in [-0.39, 0.29) is 0 Å². The molecule has 6 heteroatoms. The molecule has 2 N–H and O–H groups in total. The first-order valence-electron chi connectivity index (χ1n) is 7.16. The van der Waals surface area contributed by atoms with E-state index in [0.717, 1.165) is 25.4 Å². The average molecular weight is 326 g/mol. The van der Waals surface area contributed by atoms with Gasteiger partial charge in [-0.1, -0.05) is 30.3 Å². The molecule has 2 rings (SSSR count). The standard InChI is InChI=1S/C15H22N2O2S2/c18-15(19)16-10-14(11-17-6-8-20-9-7-17)21-12-13-4-2-1-3-5-13/h1-5,14,16H,6-12H2,(H,18,19). The number of hydrogen-bond acceptors (Lipinski definition) is 4. The number of thioether (sulfide) groups is 2. The second-order valence-corrected chi connectivity index (χ2v) is 7.53. The molecule has 1 aromatic rings. The Balaban J connectivity index is 1.83. The summed E-state index contributed by atoms with van der Waals surface area (Å²) in [4.78, 5) is 13.2. The van der Waals surface area contributed by atoms with Gasteiger partial charge in [0.2, 0.25) is 0 Å². The average Bonchev–Trinajstić information content (AvgIpc) is 2.52. The summed E-state index contributed by atoms with van der Waals surface area (Å²) in [5, 5.41) is 11.6. The minimum atomic E-state index is -0.936. The van der Waals surface area contributed by atoms with Gasteiger partial charge in [0.15, 0.2) is 0 Å². The Morgan fingerprint density at radius 2 is 2.05 bits per heavy atom. The Kier molecular flexibility index (Phi) is 7.26. The molecule has 0 bridgehead atoms. The van der Waals surface area contributed by atoms with Gasteiger partial charge in [-0.25, -0.2) is 4.79 Å². The molecule has 116 valence electrons. The highest BCUT2D eigenvalue weighted by molar-refractivity contribution is 7.99. The summed E-state index contributed by atoms with van der Waals surface area (Å²) in [6, 6.07) is 10.3. The van der Waals surface area contributed by atoms with Crippen molar-refractivity contribution in [2.45, 2.75) is 11.0 Å². The molecule has 0 aliphatic carbocycles. The molecule has 0 aromatic heterocycles. The van der Waals surface area contributed by atoms with Crippen LogP contribution in [0.1, 0.15) is 5.56 Å². The van der Waals surface area contributed by atoms with Crippen LogP contribution in [-0.2, 0) is 5.75 Å². The van der Waals surface area contributed by atoms with Gasteiger partial charge < -0.3 is 15.3 Å². The predicted molar refractivity (Wildman–Crippen MR) is 91.3 cm³/mol. The van der Waals surface area contributed by atoms with Crippen molar-refractivity contribution in [2.75, 3.05) is 37.7 Å². The van der Waals surface area contributed by atoms with Crippen molar-refractivity contribution in [2.24, 2.45) is 0 Å². The molecule has 1 heterocycles. The zero-order chi connectivity index (χ0) is 14.9. The molecule has 1 amide bonds. The van der Waals surface area contributed by atoms with Crippen LogP contribution in [0.4, 0.5) is 4.79 Å². The number of carboxylic acid groups (broad SMARTS) is 1. The molecule has 1 atom stereocenters. The van der Waals surface area contributed by atoms with Gasteiger partial charge in [0, 0.05) is 48.7 Å². The Morgan fingerprint density at radius 1 is 1.33 bits per heavy atom. The lowest BCUT2D eigenvalue weighted by Crippen LogP contribution is -2.41. The monoisotopic (exact) mass is 326 g/mol. The van der Waals surface area contributed by atoms with Crippen molar-refractivity contribution in [1.82, 2.24) is 10.2 Å². The van der Waals surface area contributed by atoms with Gasteiger partial charge in [-0.2, -0.15) is 23.5 Å². The van der Waals surface area contributed by atoms with E-state index in [1.54, 1.807) is 0 Å². The highest BCUT2D eigenvalue weighted by Crippen LogP contribution is 2.20. The third-order valence-electron chi connectivity index (χ3n) is 3.38. The van der Waals surface area contributed by atoms with Crippen LogP contribution in [0.3, 0.4) is 0 Å². The number of nitrogens with one attached hydrogen (secondary N) is 1. The highest BCUT2D eigenvalue weighted by Gasteiger charge is 2.17. The SMILES string of the molecule is O=C(O)NCC(CN1CCSCC1)SCc1ccccc1. The fourth-order valence-electron chi connectivity index (χ4n) is 2.24. The predicted octanol–water partition coefficient (Wildman–Crippen LogP) is 2.60. The van der Waals surface area contributed by atoms with Crippen molar-refractivity contribution < 1.29 is 9.90 Å². The van der Waals surface area contributed by atoms with E-state index in [4.69, 9.17) is 5.11 Å². The van der Waals surface area contributed by atoms with Gasteiger partial charge >= 0.3 is 6.09 Å². The van der Waals surface area contributed by atoms with Crippen LogP contribution in [0.2, 0.25) is 0 Å². The van der Waals surface area contributed by atoms with Crippen LogP contribution in [-0.4, -0.2) is 59.0 Å². The third kappa shape index (κ3) is 6.63. The van der Waals surface area contributed by atoms with Crippen LogP contribution in [0.15, 0.2) is 30.3 Å². The summed E-state index contributed by atoms with van der Waals surface area (Å²) in [5.74, 6) is 3.29. The number of hydrogen-bond donors (Lipinski definition) is 2. The molecule has 4 nitrogen and oxygen atoms in total. The Bertz CT molecular complexity index is 425. The first kappa shape index (κ1) is 16.5. The quantitative estimate of drug-likeness (QED) is 0.807. The maximum atomic E-state index is 10.7. The topological polar surface area (TPSA) is 52.6 Å². The molecule has 0 saturated carbocycles. The summed E-state index contributed by atoms with van der Waals surface area (Å²) < 4.78 is 0. The van der Waals surface area contributed by atoms with Gasteiger partial charge in [-0.15, -0.1) is 0 Å². The lowest BCUT2D eigenvalue weighted by Gasteiger charge is -2.30. The van der Waals surface area contributed by atoms with Crippen LogP contribution in [0.5, 0.6) is 0 Å². The molecular weight excluding hydrogens is 304 g/mol. The van der Waals surface area contributed by atoms with E-state index in [0.29, 0.717) is 11.8 Å². The Hall–Kier alpha value is -0.850. The first-order valence-corrected chi connectivity index (χ1v) is 9.37. The molecule has 1 aromatic carbocycles. The molecule has 0 spiro atoms. The van der Waals surface area contributed by atoms with Crippen molar-refractivity contribution in [1.29, 1.82) is 0 Å². The van der Waals surface area contributed by atoms with Crippen molar-refractivity contribution in [3.63, 3.8) is 0 Å². The largest absolute Gasteiger partial charge is 0.465 e. The van der Waals surface area contributed by atoms with Crippen LogP contribution >= 0.6 is 23.5 Å². The summed E-state index contributed by atoms with van der Waals surface area (Å²) >= 11 is 3.83. The van der Waals surface area contributed by atoms with E-state index >= 15 is 0 Å². The summed E-state index contributed by atoms with van der Waals surface area (Å²) in [6.45, 7) is 3.69. The van der Waals surface area contributed by atoms with E-state index in [9.17, 15) is 4.79 Å². The molecule has 1 aliphatic heterocycles. The maximum absolute atomic E-state index is 10.7.